The molecule has 1 fully saturated rings. The van der Waals surface area contributed by atoms with Gasteiger partial charge in [0.15, 0.2) is 0 Å². The molecule has 21 heavy (non-hydrogen) atoms. The molecule has 0 aliphatic heterocycles. The number of thiophene rings is 1. The Morgan fingerprint density at radius 2 is 2.05 bits per heavy atom. The second-order valence-electron chi connectivity index (χ2n) is 6.11. The molecule has 0 aromatic carbocycles. The predicted molar refractivity (Wildman–Crippen MR) is 80.2 cm³/mol. The summed E-state index contributed by atoms with van der Waals surface area (Å²) in [5.74, 6) is 0. The Labute approximate surface area is 128 Å². The topological polar surface area (TPSA) is 29.3 Å². The van der Waals surface area contributed by atoms with E-state index in [-0.39, 0.29) is 12.0 Å². The highest BCUT2D eigenvalue weighted by molar-refractivity contribution is 7.09. The van der Waals surface area contributed by atoms with Crippen molar-refractivity contribution >= 4 is 11.3 Å². The monoisotopic (exact) mass is 320 g/mol. The fourth-order valence-corrected chi connectivity index (χ4v) is 3.45. The smallest absolute Gasteiger partial charge is 0.329 e. The Balaban J connectivity index is 2.00. The summed E-state index contributed by atoms with van der Waals surface area (Å²) in [6.07, 6.45) is -1.91. The number of nitrogens with zero attached hydrogens (tertiary/aromatic N) is 1. The largest absolute Gasteiger partial charge is 0.389 e. The first-order valence-electron chi connectivity index (χ1n) is 7.40. The molecule has 120 valence electrons. The van der Waals surface area contributed by atoms with Crippen molar-refractivity contribution in [3.8, 4) is 0 Å². The molecular formula is C15H23F3N2S. The molecule has 0 radical (unpaired) electrons. The Hall–Kier alpha value is -0.590. The van der Waals surface area contributed by atoms with Gasteiger partial charge in [0.25, 0.3) is 0 Å². The van der Waals surface area contributed by atoms with E-state index in [2.05, 4.69) is 11.0 Å². The fraction of sp³-hybridized carbons (Fsp3) is 0.733. The van der Waals surface area contributed by atoms with E-state index in [9.17, 15) is 13.2 Å². The minimum atomic E-state index is -4.08. The number of halogens is 3. The molecule has 0 bridgehead atoms. The Morgan fingerprint density at radius 3 is 2.52 bits per heavy atom. The summed E-state index contributed by atoms with van der Waals surface area (Å²) in [7, 11) is 0. The van der Waals surface area contributed by atoms with Gasteiger partial charge >= 0.3 is 6.18 Å². The van der Waals surface area contributed by atoms with Gasteiger partial charge in [0, 0.05) is 36.0 Å². The van der Waals surface area contributed by atoms with Crippen LogP contribution in [0.5, 0.6) is 0 Å². The van der Waals surface area contributed by atoms with E-state index in [1.165, 1.54) is 4.88 Å². The molecule has 2 rings (SSSR count). The minimum Gasteiger partial charge on any atom is -0.329 e. The zero-order valence-corrected chi connectivity index (χ0v) is 13.1. The zero-order chi connectivity index (χ0) is 15.5. The molecule has 1 unspecified atom stereocenters. The molecule has 1 aliphatic rings. The van der Waals surface area contributed by atoms with Crippen LogP contribution >= 0.6 is 11.3 Å². The number of rotatable bonds is 8. The third-order valence-electron chi connectivity index (χ3n) is 4.20. The maximum absolute atomic E-state index is 12.4. The van der Waals surface area contributed by atoms with Gasteiger partial charge in [-0.25, -0.2) is 0 Å². The van der Waals surface area contributed by atoms with E-state index in [1.807, 2.05) is 18.4 Å². The van der Waals surface area contributed by atoms with Crippen LogP contribution in [0.4, 0.5) is 13.2 Å². The third-order valence-corrected chi connectivity index (χ3v) is 5.06. The molecule has 1 aliphatic carbocycles. The first kappa shape index (κ1) is 16.8. The van der Waals surface area contributed by atoms with Crippen LogP contribution < -0.4 is 5.73 Å². The van der Waals surface area contributed by atoms with Crippen molar-refractivity contribution in [2.75, 3.05) is 6.54 Å². The van der Waals surface area contributed by atoms with Crippen LogP contribution in [0.2, 0.25) is 0 Å². The van der Waals surface area contributed by atoms with Crippen molar-refractivity contribution in [2.45, 2.75) is 63.3 Å². The minimum absolute atomic E-state index is 0.144. The molecule has 1 saturated carbocycles. The van der Waals surface area contributed by atoms with Gasteiger partial charge in [-0.15, -0.1) is 11.3 Å². The van der Waals surface area contributed by atoms with Gasteiger partial charge < -0.3 is 5.73 Å². The highest BCUT2D eigenvalue weighted by Gasteiger charge is 2.41. The summed E-state index contributed by atoms with van der Waals surface area (Å²) >= 11 is 1.69. The van der Waals surface area contributed by atoms with Crippen LogP contribution in [0.25, 0.3) is 0 Å². The molecule has 1 aromatic heterocycles. The van der Waals surface area contributed by atoms with Crippen LogP contribution in [-0.2, 0) is 6.54 Å². The van der Waals surface area contributed by atoms with Crippen molar-refractivity contribution in [1.82, 2.24) is 4.90 Å². The average Bonchev–Trinajstić information content (AvgIpc) is 3.11. The van der Waals surface area contributed by atoms with Crippen LogP contribution in [0, 0.1) is 0 Å². The number of hydrogen-bond donors (Lipinski definition) is 1. The van der Waals surface area contributed by atoms with Crippen LogP contribution in [-0.4, -0.2) is 29.2 Å². The first-order valence-corrected chi connectivity index (χ1v) is 8.28. The van der Waals surface area contributed by atoms with Crippen molar-refractivity contribution in [3.63, 3.8) is 0 Å². The molecule has 0 spiro atoms. The standard InChI is InChI=1S/C15H23F3N2S/c1-14(11-19,7-3-8-15(16,17)18)20(12-5-6-12)10-13-4-2-9-21-13/h2,4,9,12H,3,5-8,10-11,19H2,1H3. The second-order valence-corrected chi connectivity index (χ2v) is 7.14. The van der Waals surface area contributed by atoms with Gasteiger partial charge in [-0.3, -0.25) is 4.90 Å². The summed E-state index contributed by atoms with van der Waals surface area (Å²) < 4.78 is 37.1. The normalized spacial score (nSPS) is 19.0. The summed E-state index contributed by atoms with van der Waals surface area (Å²) in [4.78, 5) is 3.58. The molecule has 1 atom stereocenters. The fourth-order valence-electron chi connectivity index (χ4n) is 2.75. The van der Waals surface area contributed by atoms with Crippen LogP contribution in [0.1, 0.15) is 43.9 Å². The molecule has 2 N–H and O–H groups in total. The molecule has 2 nitrogen and oxygen atoms in total. The van der Waals surface area contributed by atoms with Gasteiger partial charge in [0.2, 0.25) is 0 Å². The van der Waals surface area contributed by atoms with E-state index in [0.717, 1.165) is 19.4 Å². The molecule has 1 aromatic rings. The van der Waals surface area contributed by atoms with Gasteiger partial charge in [-0.1, -0.05) is 6.07 Å². The lowest BCUT2D eigenvalue weighted by Gasteiger charge is -2.41. The van der Waals surface area contributed by atoms with E-state index >= 15 is 0 Å². The quantitative estimate of drug-likeness (QED) is 0.779. The van der Waals surface area contributed by atoms with E-state index in [0.29, 0.717) is 19.0 Å². The highest BCUT2D eigenvalue weighted by Crippen LogP contribution is 2.37. The van der Waals surface area contributed by atoms with Gasteiger partial charge in [-0.05, 0) is 44.1 Å². The van der Waals surface area contributed by atoms with Crippen molar-refractivity contribution in [2.24, 2.45) is 5.73 Å². The number of hydrogen-bond acceptors (Lipinski definition) is 3. The summed E-state index contributed by atoms with van der Waals surface area (Å²) in [6.45, 7) is 3.20. The predicted octanol–water partition coefficient (Wildman–Crippen LogP) is 4.16. The van der Waals surface area contributed by atoms with Gasteiger partial charge in [0.05, 0.1) is 0 Å². The number of nitrogens with two attached hydrogens (primary N) is 1. The third kappa shape index (κ3) is 4.97. The lowest BCUT2D eigenvalue weighted by atomic mass is 9.92. The maximum atomic E-state index is 12.4. The number of alkyl halides is 3. The lowest BCUT2D eigenvalue weighted by molar-refractivity contribution is -0.137. The maximum Gasteiger partial charge on any atom is 0.389 e. The molecule has 6 heteroatoms. The van der Waals surface area contributed by atoms with Gasteiger partial charge in [0.1, 0.15) is 0 Å². The Morgan fingerprint density at radius 1 is 1.33 bits per heavy atom. The molecule has 1 heterocycles. The van der Waals surface area contributed by atoms with Crippen LogP contribution in [0.3, 0.4) is 0 Å². The van der Waals surface area contributed by atoms with E-state index < -0.39 is 12.6 Å². The average molecular weight is 320 g/mol. The van der Waals surface area contributed by atoms with Crippen molar-refractivity contribution < 1.29 is 13.2 Å². The lowest BCUT2D eigenvalue weighted by Crippen LogP contribution is -2.52. The van der Waals surface area contributed by atoms with Gasteiger partial charge in [-0.2, -0.15) is 13.2 Å². The second kappa shape index (κ2) is 6.67. The molecular weight excluding hydrogens is 297 g/mol. The zero-order valence-electron chi connectivity index (χ0n) is 12.3. The van der Waals surface area contributed by atoms with E-state index in [4.69, 9.17) is 5.73 Å². The van der Waals surface area contributed by atoms with Crippen LogP contribution in [0.15, 0.2) is 17.5 Å². The van der Waals surface area contributed by atoms with E-state index in [1.54, 1.807) is 11.3 Å². The Kier molecular flexibility index (Phi) is 5.33. The highest BCUT2D eigenvalue weighted by atomic mass is 32.1. The SMILES string of the molecule is CC(CN)(CCCC(F)(F)F)N(Cc1cccs1)C1CC1. The Bertz CT molecular complexity index is 429. The molecule has 0 amide bonds. The molecule has 0 saturated heterocycles. The van der Waals surface area contributed by atoms with Crippen molar-refractivity contribution in [1.29, 1.82) is 0 Å². The first-order chi connectivity index (χ1) is 9.84. The summed E-state index contributed by atoms with van der Waals surface area (Å²) in [5, 5.41) is 2.03. The van der Waals surface area contributed by atoms with Crippen molar-refractivity contribution in [3.05, 3.63) is 22.4 Å². The summed E-state index contributed by atoms with van der Waals surface area (Å²) in [5.41, 5.74) is 5.58. The summed E-state index contributed by atoms with van der Waals surface area (Å²) in [6, 6.07) is 4.56.